The molecule has 4 heteroatoms. The molecule has 1 unspecified atom stereocenters. The minimum atomic E-state index is -0.277. The summed E-state index contributed by atoms with van der Waals surface area (Å²) in [5, 5.41) is 8.49. The molecule has 0 radical (unpaired) electrons. The van der Waals surface area contributed by atoms with Crippen LogP contribution in [-0.4, -0.2) is 35.4 Å². The Bertz CT molecular complexity index is 228. The molecule has 100 valence electrons. The van der Waals surface area contributed by atoms with Gasteiger partial charge in [-0.1, -0.05) is 13.8 Å². The van der Waals surface area contributed by atoms with E-state index in [1.165, 1.54) is 0 Å². The maximum atomic E-state index is 8.49. The van der Waals surface area contributed by atoms with Gasteiger partial charge >= 0.3 is 0 Å². The van der Waals surface area contributed by atoms with Gasteiger partial charge in [0.25, 0.3) is 0 Å². The first-order valence-electron chi connectivity index (χ1n) is 6.41. The normalized spacial score (nSPS) is 13.7. The van der Waals surface area contributed by atoms with Crippen LogP contribution in [0.15, 0.2) is 0 Å². The van der Waals surface area contributed by atoms with Gasteiger partial charge < -0.3 is 4.74 Å². The van der Waals surface area contributed by atoms with Gasteiger partial charge in [0, 0.05) is 12.1 Å². The highest BCUT2D eigenvalue weighted by Crippen LogP contribution is 2.47. The van der Waals surface area contributed by atoms with Crippen molar-refractivity contribution in [2.75, 3.05) is 13.0 Å². The third-order valence-corrected chi connectivity index (χ3v) is 5.69. The molecule has 0 aliphatic carbocycles. The molecule has 0 spiro atoms. The van der Waals surface area contributed by atoms with E-state index in [-0.39, 0.29) is 8.07 Å². The Labute approximate surface area is 108 Å². The maximum Gasteiger partial charge on any atom is 0.0799 e. The van der Waals surface area contributed by atoms with E-state index in [2.05, 4.69) is 52.3 Å². The van der Waals surface area contributed by atoms with Crippen molar-refractivity contribution in [3.8, 4) is 6.07 Å². The highest BCUT2D eigenvalue weighted by molar-refractivity contribution is 7.55. The Morgan fingerprint density at radius 2 is 1.65 bits per heavy atom. The second-order valence-corrected chi connectivity index (χ2v) is 7.68. The van der Waals surface area contributed by atoms with Crippen molar-refractivity contribution >= 4 is 8.07 Å². The Balaban J connectivity index is 4.43. The van der Waals surface area contributed by atoms with Gasteiger partial charge in [0.15, 0.2) is 0 Å². The van der Waals surface area contributed by atoms with Crippen LogP contribution in [-0.2, 0) is 4.74 Å². The quantitative estimate of drug-likeness (QED) is 0.491. The topological polar surface area (TPSA) is 36.3 Å². The molecule has 3 nitrogen and oxygen atoms in total. The van der Waals surface area contributed by atoms with E-state index in [1.807, 2.05) is 0 Å². The molecule has 0 aromatic carbocycles. The van der Waals surface area contributed by atoms with Crippen LogP contribution in [0, 0.1) is 11.3 Å². The Kier molecular flexibility index (Phi) is 8.78. The van der Waals surface area contributed by atoms with E-state index >= 15 is 0 Å². The third-order valence-electron chi connectivity index (χ3n) is 2.53. The summed E-state index contributed by atoms with van der Waals surface area (Å²) >= 11 is 0. The number of nitrogens with zero attached hydrogens (tertiary/aromatic N) is 2. The van der Waals surface area contributed by atoms with Crippen LogP contribution in [0.2, 0.25) is 0 Å². The lowest BCUT2D eigenvalue weighted by Gasteiger charge is -2.40. The van der Waals surface area contributed by atoms with Gasteiger partial charge in [-0.15, -0.1) is 0 Å². The van der Waals surface area contributed by atoms with E-state index in [0.29, 0.717) is 30.8 Å². The van der Waals surface area contributed by atoms with Gasteiger partial charge in [-0.05, 0) is 41.4 Å². The lowest BCUT2D eigenvalue weighted by atomic mass is 10.3. The summed E-state index contributed by atoms with van der Waals surface area (Å²) < 4.78 is 8.21. The summed E-state index contributed by atoms with van der Waals surface area (Å²) in [4.78, 5) is 0. The van der Waals surface area contributed by atoms with E-state index in [1.54, 1.807) is 0 Å². The highest BCUT2D eigenvalue weighted by Gasteiger charge is 2.26. The molecule has 0 bridgehead atoms. The first-order valence-corrected chi connectivity index (χ1v) is 7.96. The first-order chi connectivity index (χ1) is 7.91. The second-order valence-electron chi connectivity index (χ2n) is 5.05. The summed E-state index contributed by atoms with van der Waals surface area (Å²) in [5.41, 5.74) is 0.622. The molecule has 0 aromatic heterocycles. The summed E-state index contributed by atoms with van der Waals surface area (Å²) in [5.74, 6) is 0. The lowest BCUT2D eigenvalue weighted by Crippen LogP contribution is -2.35. The molecule has 17 heavy (non-hydrogen) atoms. The molecule has 0 amide bonds. The van der Waals surface area contributed by atoms with Gasteiger partial charge in [0.2, 0.25) is 0 Å². The van der Waals surface area contributed by atoms with Crippen molar-refractivity contribution < 1.29 is 4.74 Å². The molecular weight excluding hydrogens is 231 g/mol. The fourth-order valence-electron chi connectivity index (χ4n) is 1.95. The molecule has 0 rings (SSSR count). The molecule has 0 saturated carbocycles. The van der Waals surface area contributed by atoms with Crippen LogP contribution in [0.4, 0.5) is 0 Å². The van der Waals surface area contributed by atoms with Crippen molar-refractivity contribution in [1.82, 2.24) is 4.67 Å². The van der Waals surface area contributed by atoms with Crippen molar-refractivity contribution in [3.63, 3.8) is 0 Å². The van der Waals surface area contributed by atoms with Crippen LogP contribution in [0.3, 0.4) is 0 Å². The number of hydrogen-bond acceptors (Lipinski definition) is 3. The van der Waals surface area contributed by atoms with Crippen LogP contribution < -0.4 is 0 Å². The minimum Gasteiger partial charge on any atom is -0.375 e. The number of rotatable bonds is 8. The van der Waals surface area contributed by atoms with Gasteiger partial charge in [-0.3, -0.25) is 4.67 Å². The molecule has 0 heterocycles. The molecule has 1 atom stereocenters. The standard InChI is InChI=1S/C13H27N2OP/c1-11(2)15(12(3)4)17(13(5)6)10-16-9-7-8-14/h11-13H,7,9-10H2,1-6H3. The van der Waals surface area contributed by atoms with Crippen molar-refractivity contribution in [2.24, 2.45) is 0 Å². The van der Waals surface area contributed by atoms with Crippen LogP contribution in [0.25, 0.3) is 0 Å². The van der Waals surface area contributed by atoms with Crippen molar-refractivity contribution in [3.05, 3.63) is 0 Å². The lowest BCUT2D eigenvalue weighted by molar-refractivity contribution is 0.177. The predicted molar refractivity (Wildman–Crippen MR) is 75.2 cm³/mol. The SMILES string of the molecule is CC(C)N(C(C)C)P(COCCC#N)C(C)C. The van der Waals surface area contributed by atoms with Gasteiger partial charge in [0.05, 0.1) is 25.4 Å². The minimum absolute atomic E-state index is 0.277. The molecule has 0 aromatic rings. The Morgan fingerprint density at radius 1 is 1.12 bits per heavy atom. The fraction of sp³-hybridized carbons (Fsp3) is 0.923. The predicted octanol–water partition coefficient (Wildman–Crippen LogP) is 3.80. The highest BCUT2D eigenvalue weighted by atomic mass is 31.1. The molecule has 0 N–H and O–H groups in total. The fourth-order valence-corrected chi connectivity index (χ4v) is 4.42. The summed E-state index contributed by atoms with van der Waals surface area (Å²) in [6, 6.07) is 3.20. The van der Waals surface area contributed by atoms with E-state index < -0.39 is 0 Å². The van der Waals surface area contributed by atoms with Crippen LogP contribution in [0.1, 0.15) is 48.0 Å². The first kappa shape index (κ1) is 16.8. The number of nitriles is 1. The molecule has 0 aliphatic rings. The number of ether oxygens (including phenoxy) is 1. The maximum absolute atomic E-state index is 8.49. The van der Waals surface area contributed by atoms with E-state index in [9.17, 15) is 0 Å². The third kappa shape index (κ3) is 6.36. The summed E-state index contributed by atoms with van der Waals surface area (Å²) in [6.07, 6.45) is 1.27. The average molecular weight is 258 g/mol. The molecule has 0 fully saturated rings. The van der Waals surface area contributed by atoms with Crippen LogP contribution >= 0.6 is 8.07 Å². The van der Waals surface area contributed by atoms with Gasteiger partial charge in [-0.25, -0.2) is 0 Å². The van der Waals surface area contributed by atoms with Crippen molar-refractivity contribution in [1.29, 1.82) is 5.26 Å². The largest absolute Gasteiger partial charge is 0.375 e. The second kappa shape index (κ2) is 8.86. The molecular formula is C13H27N2OP. The van der Waals surface area contributed by atoms with Gasteiger partial charge in [-0.2, -0.15) is 5.26 Å². The monoisotopic (exact) mass is 258 g/mol. The molecule has 0 aliphatic heterocycles. The van der Waals surface area contributed by atoms with Crippen LogP contribution in [0.5, 0.6) is 0 Å². The summed E-state index contributed by atoms with van der Waals surface area (Å²) in [6.45, 7) is 14.1. The van der Waals surface area contributed by atoms with Crippen molar-refractivity contribution in [2.45, 2.75) is 65.7 Å². The zero-order valence-electron chi connectivity index (χ0n) is 12.1. The number of hydrogen-bond donors (Lipinski definition) is 0. The van der Waals surface area contributed by atoms with E-state index in [0.717, 1.165) is 6.35 Å². The van der Waals surface area contributed by atoms with E-state index in [4.69, 9.17) is 10.00 Å². The zero-order chi connectivity index (χ0) is 13.4. The Morgan fingerprint density at radius 3 is 2.00 bits per heavy atom. The average Bonchev–Trinajstić information content (AvgIpc) is 2.20. The zero-order valence-corrected chi connectivity index (χ0v) is 13.0. The smallest absolute Gasteiger partial charge is 0.0799 e. The van der Waals surface area contributed by atoms with Gasteiger partial charge in [0.1, 0.15) is 0 Å². The molecule has 0 saturated heterocycles. The Hall–Kier alpha value is -0.160. The summed E-state index contributed by atoms with van der Waals surface area (Å²) in [7, 11) is -0.277.